The number of benzene rings is 2. The number of hydrogen-bond acceptors (Lipinski definition) is 3. The van der Waals surface area contributed by atoms with Crippen molar-refractivity contribution >= 4 is 11.8 Å². The van der Waals surface area contributed by atoms with Gasteiger partial charge in [-0.3, -0.25) is 9.59 Å². The van der Waals surface area contributed by atoms with E-state index in [0.717, 1.165) is 23.1 Å². The molecule has 0 aromatic heterocycles. The molecule has 0 saturated heterocycles. The molecular weight excluding hydrogens is 364 g/mol. The molecule has 0 aliphatic heterocycles. The average Bonchev–Trinajstić information content (AvgIpc) is 2.70. The lowest BCUT2D eigenvalue weighted by atomic mass is 10.1. The molecule has 2 rings (SSSR count). The SMILES string of the molecule is CC[C@@H](C)NC(=O)[C@H](C)N(Cc1ccccc1C)C(=O)COc1cccc(C)c1. The van der Waals surface area contributed by atoms with E-state index >= 15 is 0 Å². The summed E-state index contributed by atoms with van der Waals surface area (Å²) in [6, 6.07) is 14.9. The number of ether oxygens (including phenoxy) is 1. The first kappa shape index (κ1) is 22.5. The standard InChI is InChI=1S/C24H32N2O3/c1-6-19(4)25-24(28)20(5)26(15-21-12-8-7-11-18(21)3)23(27)16-29-22-13-9-10-17(2)14-22/h7-14,19-20H,6,15-16H2,1-5H3,(H,25,28)/t19-,20+/m1/s1. The predicted molar refractivity (Wildman–Crippen MR) is 116 cm³/mol. The van der Waals surface area contributed by atoms with E-state index < -0.39 is 6.04 Å². The lowest BCUT2D eigenvalue weighted by Crippen LogP contribution is -2.50. The van der Waals surface area contributed by atoms with E-state index in [1.807, 2.05) is 76.2 Å². The number of amides is 2. The van der Waals surface area contributed by atoms with Gasteiger partial charge >= 0.3 is 0 Å². The van der Waals surface area contributed by atoms with Crippen LogP contribution in [0.3, 0.4) is 0 Å². The summed E-state index contributed by atoms with van der Waals surface area (Å²) in [7, 11) is 0. The van der Waals surface area contributed by atoms with Gasteiger partial charge in [-0.25, -0.2) is 0 Å². The van der Waals surface area contributed by atoms with Crippen LogP contribution in [0.5, 0.6) is 5.75 Å². The van der Waals surface area contributed by atoms with Crippen LogP contribution in [0.4, 0.5) is 0 Å². The zero-order valence-electron chi connectivity index (χ0n) is 18.1. The van der Waals surface area contributed by atoms with Gasteiger partial charge in [0, 0.05) is 12.6 Å². The Morgan fingerprint density at radius 3 is 2.45 bits per heavy atom. The lowest BCUT2D eigenvalue weighted by Gasteiger charge is -2.30. The maximum Gasteiger partial charge on any atom is 0.261 e. The van der Waals surface area contributed by atoms with Crippen LogP contribution >= 0.6 is 0 Å². The molecule has 2 aromatic rings. The smallest absolute Gasteiger partial charge is 0.261 e. The lowest BCUT2D eigenvalue weighted by molar-refractivity contribution is -0.142. The summed E-state index contributed by atoms with van der Waals surface area (Å²) < 4.78 is 5.71. The number of rotatable bonds is 9. The quantitative estimate of drug-likeness (QED) is 0.697. The molecule has 2 atom stereocenters. The zero-order valence-corrected chi connectivity index (χ0v) is 18.1. The van der Waals surface area contributed by atoms with E-state index in [-0.39, 0.29) is 24.5 Å². The van der Waals surface area contributed by atoms with Crippen molar-refractivity contribution in [2.75, 3.05) is 6.61 Å². The summed E-state index contributed by atoms with van der Waals surface area (Å²) in [4.78, 5) is 27.3. The monoisotopic (exact) mass is 396 g/mol. The van der Waals surface area contributed by atoms with Gasteiger partial charge in [-0.05, 0) is 62.9 Å². The number of nitrogens with one attached hydrogen (secondary N) is 1. The summed E-state index contributed by atoms with van der Waals surface area (Å²) >= 11 is 0. The second-order valence-electron chi connectivity index (χ2n) is 7.55. The summed E-state index contributed by atoms with van der Waals surface area (Å²) in [5.41, 5.74) is 3.16. The van der Waals surface area contributed by atoms with Crippen molar-refractivity contribution in [3.8, 4) is 5.75 Å². The molecule has 0 saturated carbocycles. The first-order chi connectivity index (χ1) is 13.8. The van der Waals surface area contributed by atoms with Gasteiger partial charge in [0.2, 0.25) is 5.91 Å². The van der Waals surface area contributed by atoms with Crippen LogP contribution in [0.25, 0.3) is 0 Å². The minimum Gasteiger partial charge on any atom is -0.484 e. The van der Waals surface area contributed by atoms with Gasteiger partial charge in [0.1, 0.15) is 11.8 Å². The van der Waals surface area contributed by atoms with Crippen LogP contribution in [0, 0.1) is 13.8 Å². The molecule has 0 fully saturated rings. The van der Waals surface area contributed by atoms with Crippen molar-refractivity contribution < 1.29 is 14.3 Å². The Kier molecular flexibility index (Phi) is 8.25. The van der Waals surface area contributed by atoms with Crippen molar-refractivity contribution in [3.05, 3.63) is 65.2 Å². The molecule has 0 heterocycles. The van der Waals surface area contributed by atoms with E-state index in [0.29, 0.717) is 12.3 Å². The van der Waals surface area contributed by atoms with E-state index in [1.54, 1.807) is 11.8 Å². The van der Waals surface area contributed by atoms with Crippen LogP contribution in [-0.4, -0.2) is 35.4 Å². The van der Waals surface area contributed by atoms with Crippen molar-refractivity contribution in [2.24, 2.45) is 0 Å². The van der Waals surface area contributed by atoms with Crippen molar-refractivity contribution in [3.63, 3.8) is 0 Å². The summed E-state index contributed by atoms with van der Waals surface area (Å²) in [5.74, 6) is 0.268. The number of carbonyl (C=O) groups excluding carboxylic acids is 2. The summed E-state index contributed by atoms with van der Waals surface area (Å²) in [6.45, 7) is 9.96. The third-order valence-corrected chi connectivity index (χ3v) is 5.12. The first-order valence-corrected chi connectivity index (χ1v) is 10.2. The van der Waals surface area contributed by atoms with Gasteiger partial charge in [-0.15, -0.1) is 0 Å². The summed E-state index contributed by atoms with van der Waals surface area (Å²) in [5, 5.41) is 2.97. The molecule has 5 heteroatoms. The minimum absolute atomic E-state index is 0.0592. The molecule has 1 N–H and O–H groups in total. The van der Waals surface area contributed by atoms with Crippen LogP contribution in [0.2, 0.25) is 0 Å². The van der Waals surface area contributed by atoms with Gasteiger partial charge in [0.15, 0.2) is 6.61 Å². The topological polar surface area (TPSA) is 58.6 Å². The first-order valence-electron chi connectivity index (χ1n) is 10.2. The number of nitrogens with zero attached hydrogens (tertiary/aromatic N) is 1. The molecule has 5 nitrogen and oxygen atoms in total. The average molecular weight is 397 g/mol. The molecule has 29 heavy (non-hydrogen) atoms. The Hall–Kier alpha value is -2.82. The molecule has 0 aliphatic carbocycles. The molecule has 156 valence electrons. The second kappa shape index (κ2) is 10.6. The molecule has 2 aromatic carbocycles. The molecule has 0 bridgehead atoms. The molecule has 0 radical (unpaired) electrons. The fraction of sp³-hybridized carbons (Fsp3) is 0.417. The maximum atomic E-state index is 13.0. The van der Waals surface area contributed by atoms with Crippen LogP contribution in [-0.2, 0) is 16.1 Å². The van der Waals surface area contributed by atoms with Crippen LogP contribution < -0.4 is 10.1 Å². The highest BCUT2D eigenvalue weighted by atomic mass is 16.5. The Balaban J connectivity index is 2.17. The highest BCUT2D eigenvalue weighted by Gasteiger charge is 2.27. The molecule has 2 amide bonds. The van der Waals surface area contributed by atoms with Gasteiger partial charge in [0.25, 0.3) is 5.91 Å². The molecule has 0 aliphatic rings. The van der Waals surface area contributed by atoms with Crippen LogP contribution in [0.15, 0.2) is 48.5 Å². The molecular formula is C24H32N2O3. The highest BCUT2D eigenvalue weighted by Crippen LogP contribution is 2.16. The van der Waals surface area contributed by atoms with Gasteiger partial charge in [-0.2, -0.15) is 0 Å². The van der Waals surface area contributed by atoms with Gasteiger partial charge in [0.05, 0.1) is 0 Å². The van der Waals surface area contributed by atoms with E-state index in [2.05, 4.69) is 5.32 Å². The van der Waals surface area contributed by atoms with E-state index in [1.165, 1.54) is 0 Å². The fourth-order valence-corrected chi connectivity index (χ4v) is 2.95. The van der Waals surface area contributed by atoms with Crippen molar-refractivity contribution in [1.29, 1.82) is 0 Å². The zero-order chi connectivity index (χ0) is 21.4. The third-order valence-electron chi connectivity index (χ3n) is 5.12. The number of aryl methyl sites for hydroxylation is 2. The largest absolute Gasteiger partial charge is 0.484 e. The van der Waals surface area contributed by atoms with Crippen LogP contribution in [0.1, 0.15) is 43.9 Å². The molecule has 0 unspecified atom stereocenters. The van der Waals surface area contributed by atoms with E-state index in [4.69, 9.17) is 4.74 Å². The highest BCUT2D eigenvalue weighted by molar-refractivity contribution is 5.88. The number of hydrogen-bond donors (Lipinski definition) is 1. The van der Waals surface area contributed by atoms with Crippen molar-refractivity contribution in [1.82, 2.24) is 10.2 Å². The Morgan fingerprint density at radius 2 is 1.79 bits per heavy atom. The Labute approximate surface area is 174 Å². The Morgan fingerprint density at radius 1 is 1.07 bits per heavy atom. The number of carbonyl (C=O) groups is 2. The minimum atomic E-state index is -0.600. The second-order valence-corrected chi connectivity index (χ2v) is 7.55. The van der Waals surface area contributed by atoms with Crippen molar-refractivity contribution in [2.45, 2.75) is 59.7 Å². The summed E-state index contributed by atoms with van der Waals surface area (Å²) in [6.07, 6.45) is 0.834. The van der Waals surface area contributed by atoms with Gasteiger partial charge in [-0.1, -0.05) is 43.3 Å². The predicted octanol–water partition coefficient (Wildman–Crippen LogP) is 4.01. The maximum absolute atomic E-state index is 13.0. The Bertz CT molecular complexity index is 834. The fourth-order valence-electron chi connectivity index (χ4n) is 2.95. The third kappa shape index (κ3) is 6.63. The molecule has 0 spiro atoms. The normalized spacial score (nSPS) is 12.7. The van der Waals surface area contributed by atoms with Gasteiger partial charge < -0.3 is 15.0 Å². The van der Waals surface area contributed by atoms with E-state index in [9.17, 15) is 9.59 Å².